The molecule has 0 fully saturated rings. The molecule has 114 valence electrons. The molecule has 0 radical (unpaired) electrons. The van der Waals surface area contributed by atoms with Crippen LogP contribution in [0, 0.1) is 10.1 Å². The van der Waals surface area contributed by atoms with Crippen LogP contribution >= 0.6 is 15.9 Å². The van der Waals surface area contributed by atoms with E-state index in [0.29, 0.717) is 12.3 Å². The molecule has 1 N–H and O–H groups in total. The van der Waals surface area contributed by atoms with Gasteiger partial charge in [0.25, 0.3) is 5.69 Å². The summed E-state index contributed by atoms with van der Waals surface area (Å²) in [5.41, 5.74) is 0.776. The van der Waals surface area contributed by atoms with E-state index in [4.69, 9.17) is 4.74 Å². The van der Waals surface area contributed by atoms with E-state index < -0.39 is 4.92 Å². The van der Waals surface area contributed by atoms with E-state index in [1.807, 2.05) is 6.92 Å². The van der Waals surface area contributed by atoms with Crippen molar-refractivity contribution in [3.63, 3.8) is 0 Å². The first-order valence-corrected chi connectivity index (χ1v) is 7.24. The highest BCUT2D eigenvalue weighted by Gasteiger charge is 2.13. The second kappa shape index (κ2) is 7.04. The molecule has 0 saturated heterocycles. The number of halogens is 1. The lowest BCUT2D eigenvalue weighted by Gasteiger charge is -2.03. The van der Waals surface area contributed by atoms with E-state index >= 15 is 0 Å². The van der Waals surface area contributed by atoms with Crippen LogP contribution in [0.2, 0.25) is 0 Å². The Kier molecular flexibility index (Phi) is 5.11. The van der Waals surface area contributed by atoms with Gasteiger partial charge < -0.3 is 9.84 Å². The Morgan fingerprint density at radius 3 is 2.64 bits per heavy atom. The number of aromatic hydroxyl groups is 1. The molecular formula is C15H13BrN2O4. The highest BCUT2D eigenvalue weighted by Crippen LogP contribution is 2.32. The molecule has 7 heteroatoms. The Bertz CT molecular complexity index is 714. The largest absolute Gasteiger partial charge is 0.506 e. The van der Waals surface area contributed by atoms with Gasteiger partial charge in [-0.3, -0.25) is 15.1 Å². The number of phenols is 1. The minimum Gasteiger partial charge on any atom is -0.506 e. The maximum Gasteiger partial charge on any atom is 0.271 e. The summed E-state index contributed by atoms with van der Waals surface area (Å²) < 4.78 is 5.57. The van der Waals surface area contributed by atoms with Gasteiger partial charge in [0.2, 0.25) is 0 Å². The van der Waals surface area contributed by atoms with E-state index in [1.165, 1.54) is 18.3 Å². The van der Waals surface area contributed by atoms with Gasteiger partial charge in [-0.2, -0.15) is 0 Å². The molecule has 0 aliphatic heterocycles. The van der Waals surface area contributed by atoms with Gasteiger partial charge in [-0.25, -0.2) is 0 Å². The molecule has 2 aromatic carbocycles. The molecule has 2 aromatic rings. The summed E-state index contributed by atoms with van der Waals surface area (Å²) in [5.74, 6) is 0.641. The maximum atomic E-state index is 10.8. The number of phenolic OH excluding ortho intramolecular Hbond substituents is 1. The van der Waals surface area contributed by atoms with Crippen molar-refractivity contribution in [2.24, 2.45) is 4.99 Å². The quantitative estimate of drug-likeness (QED) is 0.489. The van der Waals surface area contributed by atoms with Crippen LogP contribution in [0.1, 0.15) is 12.5 Å². The fraction of sp³-hybridized carbons (Fsp3) is 0.133. The highest BCUT2D eigenvalue weighted by atomic mass is 79.9. The van der Waals surface area contributed by atoms with Gasteiger partial charge in [0.15, 0.2) is 0 Å². The zero-order valence-corrected chi connectivity index (χ0v) is 13.3. The number of hydrogen-bond donors (Lipinski definition) is 1. The molecule has 6 nitrogen and oxygen atoms in total. The Morgan fingerprint density at radius 2 is 2.05 bits per heavy atom. The van der Waals surface area contributed by atoms with Crippen LogP contribution in [0.5, 0.6) is 11.5 Å². The first-order valence-electron chi connectivity index (χ1n) is 6.45. The predicted molar refractivity (Wildman–Crippen MR) is 87.3 cm³/mol. The van der Waals surface area contributed by atoms with Crippen molar-refractivity contribution in [2.75, 3.05) is 6.61 Å². The average molecular weight is 365 g/mol. The van der Waals surface area contributed by atoms with E-state index in [1.54, 1.807) is 24.3 Å². The number of aliphatic imine (C=N–C) groups is 1. The monoisotopic (exact) mass is 364 g/mol. The van der Waals surface area contributed by atoms with Crippen molar-refractivity contribution in [3.05, 3.63) is 56.5 Å². The topological polar surface area (TPSA) is 85.0 Å². The maximum absolute atomic E-state index is 10.8. The number of nitro groups is 1. The van der Waals surface area contributed by atoms with Crippen LogP contribution in [0.3, 0.4) is 0 Å². The van der Waals surface area contributed by atoms with Gasteiger partial charge in [0.1, 0.15) is 11.5 Å². The number of hydrogen-bond acceptors (Lipinski definition) is 5. The minimum atomic E-state index is -0.529. The van der Waals surface area contributed by atoms with Crippen molar-refractivity contribution in [3.8, 4) is 11.5 Å². The Morgan fingerprint density at radius 1 is 1.36 bits per heavy atom. The third-order valence-corrected chi connectivity index (χ3v) is 3.39. The van der Waals surface area contributed by atoms with Crippen LogP contribution in [-0.4, -0.2) is 22.9 Å². The van der Waals surface area contributed by atoms with Crippen LogP contribution < -0.4 is 4.74 Å². The van der Waals surface area contributed by atoms with Crippen LogP contribution in [0.4, 0.5) is 11.4 Å². The molecule has 0 atom stereocenters. The normalized spacial score (nSPS) is 10.8. The number of benzene rings is 2. The van der Waals surface area contributed by atoms with Crippen molar-refractivity contribution in [2.45, 2.75) is 6.92 Å². The Labute approximate surface area is 135 Å². The highest BCUT2D eigenvalue weighted by molar-refractivity contribution is 9.10. The second-order valence-corrected chi connectivity index (χ2v) is 5.16. The third-order valence-electron chi connectivity index (χ3n) is 2.79. The van der Waals surface area contributed by atoms with Gasteiger partial charge in [-0.1, -0.05) is 0 Å². The standard InChI is InChI=1S/C15H13BrN2O4/c1-2-22-13-5-3-11(4-6-13)17-9-10-7-12(18(20)21)8-14(16)15(10)19/h3-9,19H,2H2,1H3. The summed E-state index contributed by atoms with van der Waals surface area (Å²) in [6, 6.07) is 9.57. The smallest absolute Gasteiger partial charge is 0.271 e. The first-order chi connectivity index (χ1) is 10.5. The first kappa shape index (κ1) is 16.0. The molecule has 0 bridgehead atoms. The lowest BCUT2D eigenvalue weighted by Crippen LogP contribution is -1.92. The molecule has 0 spiro atoms. The van der Waals surface area contributed by atoms with Gasteiger partial charge in [-0.15, -0.1) is 0 Å². The van der Waals surface area contributed by atoms with Crippen molar-refractivity contribution in [1.29, 1.82) is 0 Å². The van der Waals surface area contributed by atoms with Crippen molar-refractivity contribution >= 4 is 33.5 Å². The lowest BCUT2D eigenvalue weighted by molar-refractivity contribution is -0.385. The summed E-state index contributed by atoms with van der Waals surface area (Å²) in [6.45, 7) is 2.48. The molecular weight excluding hydrogens is 352 g/mol. The fourth-order valence-corrected chi connectivity index (χ4v) is 2.21. The molecule has 2 rings (SSSR count). The molecule has 0 unspecified atom stereocenters. The summed E-state index contributed by atoms with van der Waals surface area (Å²) in [4.78, 5) is 14.5. The summed E-state index contributed by atoms with van der Waals surface area (Å²) in [7, 11) is 0. The molecule has 0 heterocycles. The lowest BCUT2D eigenvalue weighted by atomic mass is 10.2. The van der Waals surface area contributed by atoms with E-state index in [9.17, 15) is 15.2 Å². The number of ether oxygens (including phenoxy) is 1. The zero-order valence-electron chi connectivity index (χ0n) is 11.7. The number of nitrogens with zero attached hydrogens (tertiary/aromatic N) is 2. The number of nitro benzene ring substituents is 1. The molecule has 0 saturated carbocycles. The van der Waals surface area contributed by atoms with Crippen molar-refractivity contribution in [1.82, 2.24) is 0 Å². The number of rotatable bonds is 5. The fourth-order valence-electron chi connectivity index (χ4n) is 1.75. The molecule has 0 aliphatic rings. The van der Waals surface area contributed by atoms with E-state index in [2.05, 4.69) is 20.9 Å². The second-order valence-electron chi connectivity index (χ2n) is 4.31. The van der Waals surface area contributed by atoms with Gasteiger partial charge in [0, 0.05) is 23.9 Å². The summed E-state index contributed by atoms with van der Waals surface area (Å²) >= 11 is 3.09. The van der Waals surface area contributed by atoms with E-state index in [-0.39, 0.29) is 21.5 Å². The molecule has 0 aromatic heterocycles. The van der Waals surface area contributed by atoms with Crippen LogP contribution in [-0.2, 0) is 0 Å². The van der Waals surface area contributed by atoms with Gasteiger partial charge in [0.05, 0.1) is 21.7 Å². The predicted octanol–water partition coefficient (Wildman–Crippen LogP) is 4.21. The van der Waals surface area contributed by atoms with Gasteiger partial charge >= 0.3 is 0 Å². The van der Waals surface area contributed by atoms with Gasteiger partial charge in [-0.05, 0) is 47.1 Å². The zero-order chi connectivity index (χ0) is 16.1. The molecule has 0 amide bonds. The molecule has 0 aliphatic carbocycles. The third kappa shape index (κ3) is 3.82. The SMILES string of the molecule is CCOc1ccc(N=Cc2cc([N+](=O)[O-])cc(Br)c2O)cc1. The van der Waals surface area contributed by atoms with E-state index in [0.717, 1.165) is 5.75 Å². The Balaban J connectivity index is 2.27. The number of non-ortho nitro benzene ring substituents is 1. The summed E-state index contributed by atoms with van der Waals surface area (Å²) in [6.07, 6.45) is 1.38. The molecule has 22 heavy (non-hydrogen) atoms. The Hall–Kier alpha value is -2.41. The average Bonchev–Trinajstić information content (AvgIpc) is 2.50. The van der Waals surface area contributed by atoms with Crippen LogP contribution in [0.25, 0.3) is 0 Å². The van der Waals surface area contributed by atoms with Crippen LogP contribution in [0.15, 0.2) is 45.9 Å². The summed E-state index contributed by atoms with van der Waals surface area (Å²) in [5, 5.41) is 20.7. The minimum absolute atomic E-state index is 0.0970. The van der Waals surface area contributed by atoms with Crippen molar-refractivity contribution < 1.29 is 14.8 Å².